The Bertz CT molecular complexity index is 777. The fraction of sp³-hybridized carbons (Fsp3) is 0.200. The highest BCUT2D eigenvalue weighted by atomic mass is 32.1. The molecule has 0 aliphatic rings. The fourth-order valence-electron chi connectivity index (χ4n) is 2.08. The number of imidazole rings is 1. The summed E-state index contributed by atoms with van der Waals surface area (Å²) < 4.78 is 2.02. The lowest BCUT2D eigenvalue weighted by atomic mass is 10.2. The van der Waals surface area contributed by atoms with Gasteiger partial charge in [-0.2, -0.15) is 0 Å². The molecule has 6 nitrogen and oxygen atoms in total. The van der Waals surface area contributed by atoms with Crippen LogP contribution in [-0.4, -0.2) is 25.7 Å². The molecular formula is C15H15N5OS. The second kappa shape index (κ2) is 6.07. The van der Waals surface area contributed by atoms with E-state index in [-0.39, 0.29) is 12.3 Å². The quantitative estimate of drug-likeness (QED) is 0.803. The van der Waals surface area contributed by atoms with Crippen LogP contribution in [0.4, 0.5) is 5.69 Å². The molecule has 0 aliphatic heterocycles. The van der Waals surface area contributed by atoms with Crippen molar-refractivity contribution in [1.29, 1.82) is 0 Å². The van der Waals surface area contributed by atoms with Crippen LogP contribution in [-0.2, 0) is 11.2 Å². The van der Waals surface area contributed by atoms with Crippen molar-refractivity contribution < 1.29 is 4.79 Å². The van der Waals surface area contributed by atoms with Crippen LogP contribution < -0.4 is 5.32 Å². The fourth-order valence-corrected chi connectivity index (χ4v) is 2.60. The van der Waals surface area contributed by atoms with E-state index in [1.54, 1.807) is 11.8 Å². The number of carbonyl (C=O) groups is 1. The molecule has 0 bridgehead atoms. The van der Waals surface area contributed by atoms with Crippen LogP contribution in [0.15, 0.2) is 36.1 Å². The van der Waals surface area contributed by atoms with E-state index in [2.05, 4.69) is 20.5 Å². The molecule has 0 atom stereocenters. The van der Waals surface area contributed by atoms with Crippen molar-refractivity contribution in [2.24, 2.45) is 0 Å². The molecule has 7 heteroatoms. The number of hydrogen-bond acceptors (Lipinski definition) is 5. The average Bonchev–Trinajstić information content (AvgIpc) is 3.12. The van der Waals surface area contributed by atoms with Gasteiger partial charge in [0, 0.05) is 17.1 Å². The smallest absolute Gasteiger partial charge is 0.231 e. The number of hydrogen-bond donors (Lipinski definition) is 1. The summed E-state index contributed by atoms with van der Waals surface area (Å²) in [6.07, 6.45) is 2.04. The first-order chi connectivity index (χ1) is 10.6. The second-order valence-electron chi connectivity index (χ2n) is 4.89. The van der Waals surface area contributed by atoms with Crippen LogP contribution >= 0.6 is 11.3 Å². The second-order valence-corrected chi connectivity index (χ2v) is 5.81. The van der Waals surface area contributed by atoms with Gasteiger partial charge in [-0.05, 0) is 38.1 Å². The summed E-state index contributed by atoms with van der Waals surface area (Å²) in [5.41, 5.74) is 5.50. The van der Waals surface area contributed by atoms with E-state index >= 15 is 0 Å². The van der Waals surface area contributed by atoms with E-state index < -0.39 is 0 Å². The van der Waals surface area contributed by atoms with Gasteiger partial charge in [0.1, 0.15) is 10.5 Å². The Morgan fingerprint density at radius 2 is 2.05 bits per heavy atom. The van der Waals surface area contributed by atoms with E-state index in [1.807, 2.05) is 42.7 Å². The van der Waals surface area contributed by atoms with Crippen LogP contribution in [0.3, 0.4) is 0 Å². The van der Waals surface area contributed by atoms with E-state index in [0.717, 1.165) is 22.8 Å². The van der Waals surface area contributed by atoms with Gasteiger partial charge in [-0.25, -0.2) is 4.98 Å². The van der Waals surface area contributed by atoms with Crippen molar-refractivity contribution in [3.8, 4) is 5.69 Å². The normalized spacial score (nSPS) is 10.6. The third-order valence-electron chi connectivity index (χ3n) is 3.40. The molecule has 0 saturated carbocycles. The maximum atomic E-state index is 11.9. The summed E-state index contributed by atoms with van der Waals surface area (Å²) in [4.78, 5) is 16.2. The molecule has 112 valence electrons. The number of carbonyl (C=O) groups excluding carboxylic acids is 1. The monoisotopic (exact) mass is 313 g/mol. The maximum absolute atomic E-state index is 11.9. The Kier molecular flexibility index (Phi) is 3.97. The lowest BCUT2D eigenvalue weighted by Crippen LogP contribution is -2.14. The zero-order valence-electron chi connectivity index (χ0n) is 12.3. The van der Waals surface area contributed by atoms with Crippen molar-refractivity contribution in [2.45, 2.75) is 20.3 Å². The highest BCUT2D eigenvalue weighted by molar-refractivity contribution is 7.09. The van der Waals surface area contributed by atoms with Crippen molar-refractivity contribution in [2.75, 3.05) is 5.32 Å². The molecule has 0 aliphatic carbocycles. The first kappa shape index (κ1) is 14.4. The van der Waals surface area contributed by atoms with E-state index in [1.165, 1.54) is 11.3 Å². The van der Waals surface area contributed by atoms with Crippen molar-refractivity contribution in [3.05, 3.63) is 52.5 Å². The molecule has 1 aromatic carbocycles. The predicted octanol–water partition coefficient (Wildman–Crippen LogP) is 2.52. The summed E-state index contributed by atoms with van der Waals surface area (Å²) in [5.74, 6) is -0.0980. The summed E-state index contributed by atoms with van der Waals surface area (Å²) in [5, 5.41) is 11.1. The topological polar surface area (TPSA) is 72.7 Å². The van der Waals surface area contributed by atoms with Gasteiger partial charge in [0.15, 0.2) is 0 Å². The number of aryl methyl sites for hydroxylation is 1. The van der Waals surface area contributed by atoms with E-state index in [0.29, 0.717) is 5.01 Å². The summed E-state index contributed by atoms with van der Waals surface area (Å²) >= 11 is 1.37. The zero-order chi connectivity index (χ0) is 15.5. The summed E-state index contributed by atoms with van der Waals surface area (Å²) in [7, 11) is 0. The maximum Gasteiger partial charge on any atom is 0.231 e. The molecule has 0 spiro atoms. The van der Waals surface area contributed by atoms with Gasteiger partial charge in [0.2, 0.25) is 5.91 Å². The summed E-state index contributed by atoms with van der Waals surface area (Å²) in [6, 6.07) is 7.66. The zero-order valence-corrected chi connectivity index (χ0v) is 13.1. The molecule has 22 heavy (non-hydrogen) atoms. The van der Waals surface area contributed by atoms with Crippen molar-refractivity contribution in [3.63, 3.8) is 0 Å². The predicted molar refractivity (Wildman–Crippen MR) is 85.3 cm³/mol. The Hall–Kier alpha value is -2.54. The third kappa shape index (κ3) is 3.04. The Morgan fingerprint density at radius 1 is 1.27 bits per heavy atom. The van der Waals surface area contributed by atoms with Crippen LogP contribution in [0.5, 0.6) is 0 Å². The number of amides is 1. The molecule has 3 aromatic rings. The van der Waals surface area contributed by atoms with Gasteiger partial charge in [0.25, 0.3) is 0 Å². The number of anilines is 1. The van der Waals surface area contributed by atoms with Gasteiger partial charge in [-0.3, -0.25) is 4.79 Å². The summed E-state index contributed by atoms with van der Waals surface area (Å²) in [6.45, 7) is 4.01. The molecule has 0 fully saturated rings. The first-order valence-electron chi connectivity index (χ1n) is 6.79. The number of rotatable bonds is 4. The minimum Gasteiger partial charge on any atom is -0.326 e. The molecular weight excluding hydrogens is 298 g/mol. The van der Waals surface area contributed by atoms with Crippen LogP contribution in [0.2, 0.25) is 0 Å². The van der Waals surface area contributed by atoms with E-state index in [4.69, 9.17) is 0 Å². The Labute approximate surface area is 131 Å². The number of nitrogens with one attached hydrogen (secondary N) is 1. The Morgan fingerprint density at radius 3 is 2.64 bits per heavy atom. The molecule has 0 saturated heterocycles. The molecule has 1 amide bonds. The van der Waals surface area contributed by atoms with Gasteiger partial charge in [0.05, 0.1) is 18.4 Å². The van der Waals surface area contributed by atoms with Crippen molar-refractivity contribution in [1.82, 2.24) is 19.7 Å². The Balaban J connectivity index is 1.69. The number of aromatic nitrogens is 4. The highest BCUT2D eigenvalue weighted by Gasteiger charge is 2.08. The van der Waals surface area contributed by atoms with Gasteiger partial charge in [-0.1, -0.05) is 0 Å². The lowest BCUT2D eigenvalue weighted by molar-refractivity contribution is -0.115. The minimum atomic E-state index is -0.0980. The van der Waals surface area contributed by atoms with Crippen LogP contribution in [0.1, 0.15) is 16.4 Å². The van der Waals surface area contributed by atoms with Crippen LogP contribution in [0, 0.1) is 13.8 Å². The minimum absolute atomic E-state index is 0.0980. The molecule has 1 N–H and O–H groups in total. The molecule has 2 aromatic heterocycles. The van der Waals surface area contributed by atoms with Crippen LogP contribution in [0.25, 0.3) is 5.69 Å². The molecule has 0 unspecified atom stereocenters. The SMILES string of the molecule is Cc1ncn(-c2ccc(NC(=O)Cc3nncs3)cc2)c1C. The molecule has 0 radical (unpaired) electrons. The third-order valence-corrected chi connectivity index (χ3v) is 4.10. The lowest BCUT2D eigenvalue weighted by Gasteiger charge is -2.08. The number of nitrogens with zero attached hydrogens (tertiary/aromatic N) is 4. The van der Waals surface area contributed by atoms with Crippen molar-refractivity contribution >= 4 is 22.9 Å². The van der Waals surface area contributed by atoms with E-state index in [9.17, 15) is 4.79 Å². The largest absolute Gasteiger partial charge is 0.326 e. The highest BCUT2D eigenvalue weighted by Crippen LogP contribution is 2.17. The van der Waals surface area contributed by atoms with Gasteiger partial charge >= 0.3 is 0 Å². The van der Waals surface area contributed by atoms with Gasteiger partial charge in [-0.15, -0.1) is 21.5 Å². The standard InChI is InChI=1S/C15H15N5OS/c1-10-11(2)20(8-16-10)13-5-3-12(4-6-13)18-14(21)7-15-19-17-9-22-15/h3-6,8-9H,7H2,1-2H3,(H,18,21). The number of benzene rings is 1. The molecule has 3 rings (SSSR count). The molecule has 2 heterocycles. The first-order valence-corrected chi connectivity index (χ1v) is 7.67. The average molecular weight is 313 g/mol. The van der Waals surface area contributed by atoms with Gasteiger partial charge < -0.3 is 9.88 Å².